The number of thiophene rings is 1. The Labute approximate surface area is 203 Å². The van der Waals surface area contributed by atoms with E-state index >= 15 is 0 Å². The van der Waals surface area contributed by atoms with E-state index in [0.717, 1.165) is 22.7 Å². The summed E-state index contributed by atoms with van der Waals surface area (Å²) in [6.45, 7) is 1.08. The number of nitrogens with two attached hydrogens (primary N) is 1. The van der Waals surface area contributed by atoms with Crippen LogP contribution < -0.4 is 5.73 Å². The van der Waals surface area contributed by atoms with Crippen LogP contribution in [0.15, 0.2) is 30.5 Å². The zero-order chi connectivity index (χ0) is 23.8. The number of alkyl halides is 3. The van der Waals surface area contributed by atoms with Crippen LogP contribution in [0.3, 0.4) is 0 Å². The molecule has 1 aliphatic rings. The van der Waals surface area contributed by atoms with Crippen molar-refractivity contribution in [3.05, 3.63) is 51.5 Å². The van der Waals surface area contributed by atoms with Crippen LogP contribution in [0.5, 0.6) is 0 Å². The summed E-state index contributed by atoms with van der Waals surface area (Å²) in [5, 5.41) is 9.83. The number of rotatable bonds is 7. The maximum absolute atomic E-state index is 13.0. The average molecular weight is 517 g/mol. The Bertz CT molecular complexity index is 1190. The number of hydrogen-bond donors (Lipinski definition) is 2. The highest BCUT2D eigenvalue weighted by Crippen LogP contribution is 2.36. The SMILES string of the molecule is Cl.NC(CCCC(=O)N1CCc2c(n(Cc3ccc(C(F)(F)F)s3)c3ncccc23)C1)C(=O)O. The van der Waals surface area contributed by atoms with Crippen molar-refractivity contribution in [2.45, 2.75) is 51.0 Å². The van der Waals surface area contributed by atoms with E-state index in [1.54, 1.807) is 11.1 Å². The van der Waals surface area contributed by atoms with Gasteiger partial charge < -0.3 is 20.3 Å². The minimum absolute atomic E-state index is 0. The van der Waals surface area contributed by atoms with Gasteiger partial charge in [-0.05, 0) is 49.1 Å². The second-order valence-electron chi connectivity index (χ2n) is 8.05. The monoisotopic (exact) mass is 516 g/mol. The van der Waals surface area contributed by atoms with Crippen molar-refractivity contribution in [3.63, 3.8) is 0 Å². The van der Waals surface area contributed by atoms with Gasteiger partial charge >= 0.3 is 12.1 Å². The predicted molar refractivity (Wildman–Crippen MR) is 124 cm³/mol. The standard InChI is InChI=1S/C22H23F3N4O3S.ClH/c23-22(24,25)18-7-6-13(33-18)11-29-17-12-28(19(30)5-1-4-16(26)21(31)32)10-8-14(17)15-3-2-9-27-20(15)29;/h2-3,6-7,9,16H,1,4-5,8,10-12,26H2,(H,31,32);1H. The summed E-state index contributed by atoms with van der Waals surface area (Å²) in [5.41, 5.74) is 8.12. The van der Waals surface area contributed by atoms with Gasteiger partial charge in [0.25, 0.3) is 0 Å². The molecule has 0 aromatic carbocycles. The van der Waals surface area contributed by atoms with Crippen molar-refractivity contribution in [1.29, 1.82) is 0 Å². The molecule has 0 saturated heterocycles. The molecule has 1 unspecified atom stereocenters. The topological polar surface area (TPSA) is 101 Å². The molecule has 34 heavy (non-hydrogen) atoms. The minimum Gasteiger partial charge on any atom is -0.480 e. The molecule has 0 bridgehead atoms. The van der Waals surface area contributed by atoms with Gasteiger partial charge in [0, 0.05) is 35.1 Å². The summed E-state index contributed by atoms with van der Waals surface area (Å²) in [5.74, 6) is -1.19. The number of carboxylic acids is 1. The molecule has 4 heterocycles. The highest BCUT2D eigenvalue weighted by molar-refractivity contribution is 7.12. The van der Waals surface area contributed by atoms with Gasteiger partial charge in [-0.1, -0.05) is 0 Å². The van der Waals surface area contributed by atoms with E-state index in [4.69, 9.17) is 10.8 Å². The van der Waals surface area contributed by atoms with Crippen LogP contribution in [-0.2, 0) is 35.3 Å². The zero-order valence-electron chi connectivity index (χ0n) is 18.0. The summed E-state index contributed by atoms with van der Waals surface area (Å²) >= 11 is 0.707. The summed E-state index contributed by atoms with van der Waals surface area (Å²) in [7, 11) is 0. The molecule has 1 atom stereocenters. The average Bonchev–Trinajstić information content (AvgIpc) is 3.37. The molecule has 1 aliphatic heterocycles. The Morgan fingerprint density at radius 3 is 2.71 bits per heavy atom. The maximum Gasteiger partial charge on any atom is 0.425 e. The normalized spacial score (nSPS) is 14.5. The molecular formula is C22H24ClF3N4O3S. The number of hydrogen-bond acceptors (Lipinski definition) is 5. The summed E-state index contributed by atoms with van der Waals surface area (Å²) in [4.78, 5) is 29.7. The number of amides is 1. The molecule has 12 heteroatoms. The lowest BCUT2D eigenvalue weighted by Crippen LogP contribution is -2.37. The van der Waals surface area contributed by atoms with Crippen molar-refractivity contribution < 1.29 is 27.9 Å². The Morgan fingerprint density at radius 1 is 1.26 bits per heavy atom. The predicted octanol–water partition coefficient (Wildman–Crippen LogP) is 4.05. The molecule has 0 radical (unpaired) electrons. The highest BCUT2D eigenvalue weighted by Gasteiger charge is 2.33. The summed E-state index contributed by atoms with van der Waals surface area (Å²) < 4.78 is 41.0. The summed E-state index contributed by atoms with van der Waals surface area (Å²) in [6, 6.07) is 5.34. The van der Waals surface area contributed by atoms with Crippen LogP contribution in [0.1, 0.15) is 40.3 Å². The largest absolute Gasteiger partial charge is 0.480 e. The van der Waals surface area contributed by atoms with E-state index in [9.17, 15) is 22.8 Å². The van der Waals surface area contributed by atoms with Gasteiger partial charge in [0.05, 0.1) is 13.1 Å². The van der Waals surface area contributed by atoms with Gasteiger partial charge in [-0.3, -0.25) is 9.59 Å². The lowest BCUT2D eigenvalue weighted by Gasteiger charge is -2.28. The van der Waals surface area contributed by atoms with E-state index in [2.05, 4.69) is 4.98 Å². The number of halogens is 4. The molecule has 0 spiro atoms. The molecule has 1 amide bonds. The number of carbonyl (C=O) groups excluding carboxylic acids is 1. The van der Waals surface area contributed by atoms with Crippen LogP contribution in [0.2, 0.25) is 0 Å². The fourth-order valence-corrected chi connectivity index (χ4v) is 5.03. The number of nitrogens with zero attached hydrogens (tertiary/aromatic N) is 3. The van der Waals surface area contributed by atoms with Crippen molar-refractivity contribution >= 4 is 46.7 Å². The Hall–Kier alpha value is -2.63. The number of aliphatic carboxylic acids is 1. The van der Waals surface area contributed by atoms with Crippen LogP contribution in [0.25, 0.3) is 11.0 Å². The molecule has 0 fully saturated rings. The minimum atomic E-state index is -4.38. The van der Waals surface area contributed by atoms with E-state index < -0.39 is 23.1 Å². The number of aromatic nitrogens is 2. The second kappa shape index (κ2) is 10.3. The Morgan fingerprint density at radius 2 is 2.03 bits per heavy atom. The van der Waals surface area contributed by atoms with E-state index in [1.165, 1.54) is 6.07 Å². The van der Waals surface area contributed by atoms with Gasteiger partial charge in [0.15, 0.2) is 0 Å². The number of pyridine rings is 1. The smallest absolute Gasteiger partial charge is 0.425 e. The van der Waals surface area contributed by atoms with Crippen molar-refractivity contribution in [2.75, 3.05) is 6.54 Å². The lowest BCUT2D eigenvalue weighted by molar-refractivity contribution is -0.139. The second-order valence-corrected chi connectivity index (χ2v) is 9.22. The number of carbonyl (C=O) groups is 2. The van der Waals surface area contributed by atoms with Gasteiger partial charge in [-0.2, -0.15) is 13.2 Å². The van der Waals surface area contributed by atoms with Gasteiger partial charge in [0.2, 0.25) is 5.91 Å². The van der Waals surface area contributed by atoms with Crippen LogP contribution in [-0.4, -0.2) is 44.0 Å². The molecule has 4 rings (SSSR count). The summed E-state index contributed by atoms with van der Waals surface area (Å²) in [6.07, 6.45) is -1.35. The maximum atomic E-state index is 13.0. The third-order valence-corrected chi connectivity index (χ3v) is 6.96. The van der Waals surface area contributed by atoms with Crippen molar-refractivity contribution in [3.8, 4) is 0 Å². The first-order valence-electron chi connectivity index (χ1n) is 10.5. The van der Waals surface area contributed by atoms with E-state index in [1.807, 2.05) is 16.7 Å². The highest BCUT2D eigenvalue weighted by atomic mass is 35.5. The molecule has 0 saturated carbocycles. The molecule has 3 aromatic rings. The fraction of sp³-hybridized carbons (Fsp3) is 0.409. The number of fused-ring (bicyclic) bond motifs is 3. The molecule has 184 valence electrons. The Balaban J connectivity index is 0.00000324. The van der Waals surface area contributed by atoms with Crippen molar-refractivity contribution in [1.82, 2.24) is 14.5 Å². The molecule has 7 nitrogen and oxygen atoms in total. The third kappa shape index (κ3) is 5.37. The van der Waals surface area contributed by atoms with Crippen LogP contribution in [0, 0.1) is 0 Å². The van der Waals surface area contributed by atoms with Gasteiger partial charge in [-0.15, -0.1) is 23.7 Å². The quantitative estimate of drug-likeness (QED) is 0.493. The van der Waals surface area contributed by atoms with Gasteiger partial charge in [0.1, 0.15) is 16.6 Å². The van der Waals surface area contributed by atoms with Crippen molar-refractivity contribution in [2.24, 2.45) is 5.73 Å². The van der Waals surface area contributed by atoms with E-state index in [-0.39, 0.29) is 37.7 Å². The number of carboxylic acid groups (broad SMARTS) is 1. The zero-order valence-corrected chi connectivity index (χ0v) is 19.7. The Kier molecular flexibility index (Phi) is 7.89. The third-order valence-electron chi connectivity index (χ3n) is 5.84. The first kappa shape index (κ1) is 26.0. The molecule has 3 N–H and O–H groups in total. The van der Waals surface area contributed by atoms with Crippen LogP contribution >= 0.6 is 23.7 Å². The molecule has 0 aliphatic carbocycles. The molecule has 3 aromatic heterocycles. The molecular weight excluding hydrogens is 493 g/mol. The lowest BCUT2D eigenvalue weighted by atomic mass is 10.0. The van der Waals surface area contributed by atoms with Crippen LogP contribution in [0.4, 0.5) is 13.2 Å². The first-order valence-corrected chi connectivity index (χ1v) is 11.3. The first-order chi connectivity index (χ1) is 15.6. The fourth-order valence-electron chi connectivity index (χ4n) is 4.17. The van der Waals surface area contributed by atoms with Gasteiger partial charge in [-0.25, -0.2) is 4.98 Å². The van der Waals surface area contributed by atoms with E-state index in [0.29, 0.717) is 47.8 Å².